The molecule has 3 aromatic rings. The fourth-order valence-corrected chi connectivity index (χ4v) is 2.60. The number of aryl methyl sites for hydroxylation is 2. The molecular formula is C22H21N3O2. The smallest absolute Gasteiger partial charge is 0.256 e. The molecule has 0 spiro atoms. The molecule has 0 unspecified atom stereocenters. The molecule has 1 amide bonds. The molecule has 0 atom stereocenters. The van der Waals surface area contributed by atoms with Gasteiger partial charge in [0.05, 0.1) is 11.9 Å². The van der Waals surface area contributed by atoms with Gasteiger partial charge >= 0.3 is 0 Å². The minimum Gasteiger partial charge on any atom is -0.354 e. The summed E-state index contributed by atoms with van der Waals surface area (Å²) in [6.45, 7) is 5.52. The van der Waals surface area contributed by atoms with E-state index >= 15 is 0 Å². The van der Waals surface area contributed by atoms with Gasteiger partial charge < -0.3 is 10.6 Å². The number of Topliss-reactive ketones (excluding diaryl/α,β-unsaturated/α-hetero) is 1. The summed E-state index contributed by atoms with van der Waals surface area (Å²) in [6.07, 6.45) is 1.64. The van der Waals surface area contributed by atoms with E-state index in [0.717, 1.165) is 22.5 Å². The number of pyridine rings is 1. The first-order valence-corrected chi connectivity index (χ1v) is 8.65. The summed E-state index contributed by atoms with van der Waals surface area (Å²) in [4.78, 5) is 28.1. The predicted octanol–water partition coefficient (Wildman–Crippen LogP) is 4.90. The van der Waals surface area contributed by atoms with Crippen LogP contribution < -0.4 is 10.6 Å². The molecule has 0 saturated heterocycles. The van der Waals surface area contributed by atoms with Gasteiger partial charge in [-0.2, -0.15) is 0 Å². The molecule has 1 aromatic heterocycles. The molecular weight excluding hydrogens is 338 g/mol. The number of aromatic nitrogens is 1. The van der Waals surface area contributed by atoms with Gasteiger partial charge in [-0.15, -0.1) is 0 Å². The first kappa shape index (κ1) is 18.3. The number of benzene rings is 2. The zero-order chi connectivity index (χ0) is 19.4. The molecule has 0 radical (unpaired) electrons. The number of hydrogen-bond donors (Lipinski definition) is 2. The Hall–Kier alpha value is -3.47. The summed E-state index contributed by atoms with van der Waals surface area (Å²) in [6, 6.07) is 16.4. The highest BCUT2D eigenvalue weighted by Crippen LogP contribution is 2.19. The van der Waals surface area contributed by atoms with Gasteiger partial charge in [-0.3, -0.25) is 9.59 Å². The third-order valence-corrected chi connectivity index (χ3v) is 4.33. The van der Waals surface area contributed by atoms with Crippen molar-refractivity contribution < 1.29 is 9.59 Å². The molecule has 0 fully saturated rings. The molecule has 1 heterocycles. The monoisotopic (exact) mass is 359 g/mol. The normalized spacial score (nSPS) is 10.3. The molecule has 2 aromatic carbocycles. The number of amides is 1. The molecule has 0 bridgehead atoms. The summed E-state index contributed by atoms with van der Waals surface area (Å²) >= 11 is 0. The van der Waals surface area contributed by atoms with E-state index in [1.54, 1.807) is 30.5 Å². The van der Waals surface area contributed by atoms with Gasteiger partial charge in [0.25, 0.3) is 5.91 Å². The number of ketones is 1. The summed E-state index contributed by atoms with van der Waals surface area (Å²) in [7, 11) is 0. The minimum absolute atomic E-state index is 0.0150. The molecule has 136 valence electrons. The van der Waals surface area contributed by atoms with Crippen molar-refractivity contribution in [2.75, 3.05) is 10.6 Å². The lowest BCUT2D eigenvalue weighted by Crippen LogP contribution is -2.13. The van der Waals surface area contributed by atoms with Crippen LogP contribution in [0.15, 0.2) is 60.8 Å². The van der Waals surface area contributed by atoms with Crippen molar-refractivity contribution in [3.05, 3.63) is 83.0 Å². The number of carbonyl (C=O) groups is 2. The Morgan fingerprint density at radius 2 is 1.67 bits per heavy atom. The number of carbonyl (C=O) groups excluding carboxylic acids is 2. The van der Waals surface area contributed by atoms with E-state index in [1.165, 1.54) is 6.92 Å². The predicted molar refractivity (Wildman–Crippen MR) is 108 cm³/mol. The third kappa shape index (κ3) is 4.58. The van der Waals surface area contributed by atoms with Gasteiger partial charge in [-0.05, 0) is 68.3 Å². The molecule has 0 aliphatic rings. The SMILES string of the molecule is CC(=O)c1cccc(Nc2ccc(NC(=O)c3ccc(C)c(C)c3)nc2)c1. The average Bonchev–Trinajstić information content (AvgIpc) is 2.65. The van der Waals surface area contributed by atoms with Crippen molar-refractivity contribution >= 4 is 28.9 Å². The summed E-state index contributed by atoms with van der Waals surface area (Å²) in [5, 5.41) is 6.00. The maximum absolute atomic E-state index is 12.4. The van der Waals surface area contributed by atoms with Gasteiger partial charge in [-0.1, -0.05) is 18.2 Å². The number of anilines is 3. The Morgan fingerprint density at radius 1 is 0.852 bits per heavy atom. The van der Waals surface area contributed by atoms with Gasteiger partial charge in [0, 0.05) is 16.8 Å². The van der Waals surface area contributed by atoms with Crippen LogP contribution in [0, 0.1) is 13.8 Å². The van der Waals surface area contributed by atoms with Crippen molar-refractivity contribution in [3.8, 4) is 0 Å². The first-order valence-electron chi connectivity index (χ1n) is 8.65. The van der Waals surface area contributed by atoms with E-state index in [-0.39, 0.29) is 11.7 Å². The maximum Gasteiger partial charge on any atom is 0.256 e. The molecule has 0 aliphatic heterocycles. The second kappa shape index (κ2) is 7.83. The molecule has 0 saturated carbocycles. The van der Waals surface area contributed by atoms with Gasteiger partial charge in [0.1, 0.15) is 5.82 Å². The number of nitrogens with zero attached hydrogens (tertiary/aromatic N) is 1. The van der Waals surface area contributed by atoms with E-state index in [4.69, 9.17) is 0 Å². The lowest BCUT2D eigenvalue weighted by molar-refractivity contribution is 0.101. The van der Waals surface area contributed by atoms with E-state index in [9.17, 15) is 9.59 Å². The number of rotatable bonds is 5. The second-order valence-electron chi connectivity index (χ2n) is 6.45. The van der Waals surface area contributed by atoms with Crippen LogP contribution >= 0.6 is 0 Å². The van der Waals surface area contributed by atoms with E-state index in [1.807, 2.05) is 44.2 Å². The largest absolute Gasteiger partial charge is 0.354 e. The van der Waals surface area contributed by atoms with Crippen LogP contribution in [-0.2, 0) is 0 Å². The van der Waals surface area contributed by atoms with Crippen LogP contribution in [0.4, 0.5) is 17.2 Å². The van der Waals surface area contributed by atoms with E-state index in [0.29, 0.717) is 16.9 Å². The van der Waals surface area contributed by atoms with Gasteiger partial charge in [-0.25, -0.2) is 4.98 Å². The molecule has 5 heteroatoms. The summed E-state index contributed by atoms with van der Waals surface area (Å²) in [5.41, 5.74) is 5.03. The van der Waals surface area contributed by atoms with Crippen LogP contribution in [-0.4, -0.2) is 16.7 Å². The summed E-state index contributed by atoms with van der Waals surface area (Å²) < 4.78 is 0. The average molecular weight is 359 g/mol. The minimum atomic E-state index is -0.194. The van der Waals surface area contributed by atoms with Crippen LogP contribution in [0.2, 0.25) is 0 Å². The molecule has 5 nitrogen and oxygen atoms in total. The lowest BCUT2D eigenvalue weighted by atomic mass is 10.1. The topological polar surface area (TPSA) is 71.1 Å². The highest BCUT2D eigenvalue weighted by molar-refractivity contribution is 6.04. The van der Waals surface area contributed by atoms with Crippen molar-refractivity contribution in [3.63, 3.8) is 0 Å². The van der Waals surface area contributed by atoms with E-state index in [2.05, 4.69) is 15.6 Å². The quantitative estimate of drug-likeness (QED) is 0.636. The van der Waals surface area contributed by atoms with Crippen LogP contribution in [0.1, 0.15) is 38.8 Å². The van der Waals surface area contributed by atoms with Gasteiger partial charge in [0.2, 0.25) is 0 Å². The maximum atomic E-state index is 12.4. The molecule has 0 aliphatic carbocycles. The lowest BCUT2D eigenvalue weighted by Gasteiger charge is -2.09. The molecule has 3 rings (SSSR count). The highest BCUT2D eigenvalue weighted by atomic mass is 16.1. The number of nitrogens with one attached hydrogen (secondary N) is 2. The van der Waals surface area contributed by atoms with Crippen molar-refractivity contribution in [2.24, 2.45) is 0 Å². The molecule has 2 N–H and O–H groups in total. The van der Waals surface area contributed by atoms with Crippen LogP contribution in [0.25, 0.3) is 0 Å². The van der Waals surface area contributed by atoms with Crippen molar-refractivity contribution in [1.82, 2.24) is 4.98 Å². The Balaban J connectivity index is 1.68. The van der Waals surface area contributed by atoms with Crippen LogP contribution in [0.5, 0.6) is 0 Å². The van der Waals surface area contributed by atoms with Crippen LogP contribution in [0.3, 0.4) is 0 Å². The van der Waals surface area contributed by atoms with E-state index < -0.39 is 0 Å². The zero-order valence-electron chi connectivity index (χ0n) is 15.5. The third-order valence-electron chi connectivity index (χ3n) is 4.33. The standard InChI is InChI=1S/C22H21N3O2/c1-14-7-8-18(11-15(14)2)22(27)25-21-10-9-20(13-23-21)24-19-6-4-5-17(12-19)16(3)26/h4-13,24H,1-3H3,(H,23,25,27). The zero-order valence-corrected chi connectivity index (χ0v) is 15.5. The van der Waals surface area contributed by atoms with Crippen molar-refractivity contribution in [1.29, 1.82) is 0 Å². The fraction of sp³-hybridized carbons (Fsp3) is 0.136. The first-order chi connectivity index (χ1) is 12.9. The summed E-state index contributed by atoms with van der Waals surface area (Å²) in [5.74, 6) is 0.294. The highest BCUT2D eigenvalue weighted by Gasteiger charge is 2.08. The fourth-order valence-electron chi connectivity index (χ4n) is 2.60. The van der Waals surface area contributed by atoms with Gasteiger partial charge in [0.15, 0.2) is 5.78 Å². The Kier molecular flexibility index (Phi) is 5.31. The number of hydrogen-bond acceptors (Lipinski definition) is 4. The van der Waals surface area contributed by atoms with Crippen molar-refractivity contribution in [2.45, 2.75) is 20.8 Å². The Bertz CT molecular complexity index is 995. The molecule has 27 heavy (non-hydrogen) atoms. The Morgan fingerprint density at radius 3 is 2.33 bits per heavy atom. The second-order valence-corrected chi connectivity index (χ2v) is 6.45. The Labute approximate surface area is 158 Å².